The number of para-hydroxylation sites is 1. The van der Waals surface area contributed by atoms with Gasteiger partial charge in [0.1, 0.15) is 11.0 Å². The number of carboxylic acid groups (broad SMARTS) is 1. The van der Waals surface area contributed by atoms with Gasteiger partial charge >= 0.3 is 5.97 Å². The number of carbonyl (C=O) groups is 1. The summed E-state index contributed by atoms with van der Waals surface area (Å²) >= 11 is 12.7. The third kappa shape index (κ3) is 3.54. The van der Waals surface area contributed by atoms with Gasteiger partial charge < -0.3 is 10.4 Å². The third-order valence-corrected chi connectivity index (χ3v) is 7.25. The Morgan fingerprint density at radius 1 is 1.00 bits per heavy atom. The van der Waals surface area contributed by atoms with E-state index in [-0.39, 0.29) is 10.5 Å². The fourth-order valence-corrected chi connectivity index (χ4v) is 5.39. The van der Waals surface area contributed by atoms with Crippen molar-refractivity contribution in [2.45, 2.75) is 15.9 Å². The topological polar surface area (TPSA) is 95.5 Å². The standard InChI is InChI=1S/C21H16Cl2N2O4S/c22-15-9-11-16(12-10-15)30(28,29)25-21(14-7-5-13(6-8-14)20(26)27)19(23)17-3-1-2-4-18(17)24-21/h1-12,19,24-25H,(H,26,27). The van der Waals surface area contributed by atoms with Crippen LogP contribution in [-0.2, 0) is 15.7 Å². The number of hydrogen-bond acceptors (Lipinski definition) is 4. The number of anilines is 1. The molecule has 3 N–H and O–H groups in total. The molecule has 0 aliphatic carbocycles. The Balaban J connectivity index is 1.83. The lowest BCUT2D eigenvalue weighted by molar-refractivity contribution is 0.0697. The largest absolute Gasteiger partial charge is 0.478 e. The number of rotatable bonds is 5. The molecule has 6 nitrogen and oxygen atoms in total. The molecule has 0 saturated carbocycles. The van der Waals surface area contributed by atoms with Crippen molar-refractivity contribution in [3.8, 4) is 0 Å². The number of sulfonamides is 1. The zero-order valence-corrected chi connectivity index (χ0v) is 17.7. The minimum Gasteiger partial charge on any atom is -0.478 e. The second kappa shape index (κ2) is 7.59. The number of fused-ring (bicyclic) bond motifs is 1. The van der Waals surface area contributed by atoms with Crippen molar-refractivity contribution in [1.82, 2.24) is 4.72 Å². The Labute approximate surface area is 183 Å². The molecule has 2 atom stereocenters. The van der Waals surface area contributed by atoms with Crippen molar-refractivity contribution in [1.29, 1.82) is 0 Å². The molecule has 154 valence electrons. The van der Waals surface area contributed by atoms with Crippen LogP contribution in [0.15, 0.2) is 77.7 Å². The predicted octanol–water partition coefficient (Wildman–Crippen LogP) is 4.58. The second-order valence-electron chi connectivity index (χ2n) is 6.82. The zero-order valence-electron chi connectivity index (χ0n) is 15.3. The van der Waals surface area contributed by atoms with E-state index >= 15 is 0 Å². The van der Waals surface area contributed by atoms with Crippen LogP contribution in [0, 0.1) is 0 Å². The van der Waals surface area contributed by atoms with Gasteiger partial charge in [0.2, 0.25) is 10.0 Å². The summed E-state index contributed by atoms with van der Waals surface area (Å²) in [5, 5.41) is 12.0. The molecule has 0 radical (unpaired) electrons. The van der Waals surface area contributed by atoms with Crippen molar-refractivity contribution in [2.75, 3.05) is 5.32 Å². The Morgan fingerprint density at radius 2 is 1.63 bits per heavy atom. The second-order valence-corrected chi connectivity index (χ2v) is 9.38. The average molecular weight is 463 g/mol. The molecule has 30 heavy (non-hydrogen) atoms. The molecule has 3 aromatic rings. The normalized spacial score (nSPS) is 20.4. The van der Waals surface area contributed by atoms with E-state index in [0.29, 0.717) is 16.3 Å². The predicted molar refractivity (Wildman–Crippen MR) is 116 cm³/mol. The first-order chi connectivity index (χ1) is 14.2. The van der Waals surface area contributed by atoms with E-state index in [1.165, 1.54) is 36.4 Å². The van der Waals surface area contributed by atoms with Crippen LogP contribution in [0.5, 0.6) is 0 Å². The van der Waals surface area contributed by atoms with Crippen LogP contribution in [-0.4, -0.2) is 19.5 Å². The van der Waals surface area contributed by atoms with Gasteiger partial charge in [0, 0.05) is 10.7 Å². The zero-order chi connectivity index (χ0) is 21.5. The van der Waals surface area contributed by atoms with E-state index in [1.54, 1.807) is 18.2 Å². The maximum Gasteiger partial charge on any atom is 0.335 e. The van der Waals surface area contributed by atoms with Crippen molar-refractivity contribution in [3.63, 3.8) is 0 Å². The van der Waals surface area contributed by atoms with Crippen molar-refractivity contribution in [2.24, 2.45) is 0 Å². The van der Waals surface area contributed by atoms with Crippen LogP contribution < -0.4 is 10.0 Å². The highest BCUT2D eigenvalue weighted by molar-refractivity contribution is 7.89. The summed E-state index contributed by atoms with van der Waals surface area (Å²) in [5.41, 5.74) is 0.525. The Morgan fingerprint density at radius 3 is 2.23 bits per heavy atom. The van der Waals surface area contributed by atoms with Gasteiger partial charge in [-0.25, -0.2) is 13.2 Å². The molecule has 0 aromatic heterocycles. The lowest BCUT2D eigenvalue weighted by atomic mass is 9.95. The third-order valence-electron chi connectivity index (χ3n) is 4.95. The van der Waals surface area contributed by atoms with E-state index in [2.05, 4.69) is 10.0 Å². The molecule has 0 fully saturated rings. The Kier molecular flexibility index (Phi) is 5.23. The lowest BCUT2D eigenvalue weighted by Gasteiger charge is -2.34. The van der Waals surface area contributed by atoms with Gasteiger partial charge in [-0.15, -0.1) is 11.6 Å². The maximum atomic E-state index is 13.2. The van der Waals surface area contributed by atoms with Crippen molar-refractivity contribution < 1.29 is 18.3 Å². The highest BCUT2D eigenvalue weighted by atomic mass is 35.5. The van der Waals surface area contributed by atoms with Crippen LogP contribution in [0.4, 0.5) is 5.69 Å². The molecule has 1 aliphatic rings. The lowest BCUT2D eigenvalue weighted by Crippen LogP contribution is -2.51. The van der Waals surface area contributed by atoms with Gasteiger partial charge in [0.25, 0.3) is 0 Å². The number of alkyl halides is 1. The Hall–Kier alpha value is -2.58. The van der Waals surface area contributed by atoms with Gasteiger partial charge in [-0.05, 0) is 53.6 Å². The molecule has 0 saturated heterocycles. The van der Waals surface area contributed by atoms with E-state index in [9.17, 15) is 18.3 Å². The molecule has 3 aromatic carbocycles. The summed E-state index contributed by atoms with van der Waals surface area (Å²) in [6, 6.07) is 18.9. The van der Waals surface area contributed by atoms with E-state index < -0.39 is 27.0 Å². The molecular formula is C21H16Cl2N2O4S. The quantitative estimate of drug-likeness (QED) is 0.482. The van der Waals surface area contributed by atoms with Gasteiger partial charge in [-0.2, -0.15) is 4.72 Å². The summed E-state index contributed by atoms with van der Waals surface area (Å²) in [7, 11) is -4.02. The van der Waals surface area contributed by atoms with Gasteiger partial charge in [-0.1, -0.05) is 41.9 Å². The summed E-state index contributed by atoms with van der Waals surface area (Å²) in [5.74, 6) is -1.08. The number of benzene rings is 3. The smallest absolute Gasteiger partial charge is 0.335 e. The summed E-state index contributed by atoms with van der Waals surface area (Å²) in [6.45, 7) is 0. The van der Waals surface area contributed by atoms with Gasteiger partial charge in [0.15, 0.2) is 0 Å². The minimum atomic E-state index is -4.02. The Bertz CT molecular complexity index is 1210. The molecule has 4 rings (SSSR count). The van der Waals surface area contributed by atoms with E-state index in [1.807, 2.05) is 18.2 Å². The number of hydrogen-bond donors (Lipinski definition) is 3. The summed E-state index contributed by atoms with van der Waals surface area (Å²) < 4.78 is 29.1. The summed E-state index contributed by atoms with van der Waals surface area (Å²) in [4.78, 5) is 11.3. The molecule has 0 spiro atoms. The van der Waals surface area contributed by atoms with Crippen molar-refractivity contribution in [3.05, 3.63) is 94.5 Å². The van der Waals surface area contributed by atoms with E-state index in [4.69, 9.17) is 23.2 Å². The molecule has 9 heteroatoms. The van der Waals surface area contributed by atoms with Crippen LogP contribution in [0.1, 0.15) is 26.9 Å². The van der Waals surface area contributed by atoms with Crippen LogP contribution >= 0.6 is 23.2 Å². The monoisotopic (exact) mass is 462 g/mol. The van der Waals surface area contributed by atoms with Crippen molar-refractivity contribution >= 4 is 44.9 Å². The van der Waals surface area contributed by atoms with Crippen LogP contribution in [0.3, 0.4) is 0 Å². The number of nitrogens with one attached hydrogen (secondary N) is 2. The first kappa shape index (κ1) is 20.7. The average Bonchev–Trinajstić information content (AvgIpc) is 3.01. The highest BCUT2D eigenvalue weighted by Gasteiger charge is 2.49. The first-order valence-electron chi connectivity index (χ1n) is 8.87. The fourth-order valence-electron chi connectivity index (χ4n) is 3.46. The molecule has 1 heterocycles. The highest BCUT2D eigenvalue weighted by Crippen LogP contribution is 2.50. The summed E-state index contributed by atoms with van der Waals surface area (Å²) in [6.07, 6.45) is 0. The first-order valence-corrected chi connectivity index (χ1v) is 11.2. The van der Waals surface area contributed by atoms with E-state index in [0.717, 1.165) is 5.56 Å². The molecule has 1 aliphatic heterocycles. The number of halogens is 2. The molecule has 2 unspecified atom stereocenters. The number of aromatic carboxylic acids is 1. The molecule has 0 bridgehead atoms. The van der Waals surface area contributed by atoms with Crippen LogP contribution in [0.25, 0.3) is 0 Å². The molecular weight excluding hydrogens is 447 g/mol. The van der Waals surface area contributed by atoms with Gasteiger partial charge in [0.05, 0.1) is 10.5 Å². The maximum absolute atomic E-state index is 13.2. The molecule has 0 amide bonds. The fraction of sp³-hybridized carbons (Fsp3) is 0.0952. The van der Waals surface area contributed by atoms with Crippen LogP contribution in [0.2, 0.25) is 5.02 Å². The minimum absolute atomic E-state index is 0.0232. The SMILES string of the molecule is O=C(O)c1ccc(C2(NS(=O)(=O)c3ccc(Cl)cc3)Nc3ccccc3C2Cl)cc1. The van der Waals surface area contributed by atoms with Gasteiger partial charge in [-0.3, -0.25) is 0 Å². The number of carboxylic acids is 1.